The van der Waals surface area contributed by atoms with E-state index in [1.54, 1.807) is 30.3 Å². The van der Waals surface area contributed by atoms with Crippen LogP contribution in [0, 0.1) is 13.8 Å². The number of anilines is 1. The standard InChI is InChI=1S/C24H23NO5.C2H6/c1-15-12-17(8-11-22(27)28)13-16(2)23(15)30-19-9-10-21(26)20(14-19)24(29)25-18-6-4-3-5-7-18;1-2/h3-7,9-10,12-14,26H,8,11H2,1-2H3,(H,25,29)(H,27,28);1-2H3. The summed E-state index contributed by atoms with van der Waals surface area (Å²) in [5, 5.41) is 21.7. The van der Waals surface area contributed by atoms with Gasteiger partial charge >= 0.3 is 5.97 Å². The van der Waals surface area contributed by atoms with Gasteiger partial charge in [-0.15, -0.1) is 0 Å². The maximum atomic E-state index is 12.6. The number of phenolic OH excluding ortho intramolecular Hbond substituents is 1. The number of carbonyl (C=O) groups excluding carboxylic acids is 1. The highest BCUT2D eigenvalue weighted by molar-refractivity contribution is 6.06. The molecule has 0 aliphatic rings. The van der Waals surface area contributed by atoms with Gasteiger partial charge in [0, 0.05) is 12.1 Å². The predicted molar refractivity (Wildman–Crippen MR) is 126 cm³/mol. The molecule has 0 saturated heterocycles. The van der Waals surface area contributed by atoms with E-state index in [4.69, 9.17) is 9.84 Å². The highest BCUT2D eigenvalue weighted by Crippen LogP contribution is 2.32. The van der Waals surface area contributed by atoms with Crippen LogP contribution >= 0.6 is 0 Å². The SMILES string of the molecule is CC.Cc1cc(CCC(=O)O)cc(C)c1Oc1ccc(O)c(C(=O)Nc2ccccc2)c1. The van der Waals surface area contributed by atoms with Crippen molar-refractivity contribution in [1.29, 1.82) is 0 Å². The van der Waals surface area contributed by atoms with Gasteiger partial charge in [-0.25, -0.2) is 0 Å². The first-order valence-electron chi connectivity index (χ1n) is 10.5. The van der Waals surface area contributed by atoms with Gasteiger partial charge in [-0.2, -0.15) is 0 Å². The van der Waals surface area contributed by atoms with Gasteiger partial charge < -0.3 is 20.3 Å². The molecule has 3 N–H and O–H groups in total. The van der Waals surface area contributed by atoms with Crippen LogP contribution in [0.2, 0.25) is 0 Å². The van der Waals surface area contributed by atoms with E-state index in [0.29, 0.717) is 23.6 Å². The summed E-state index contributed by atoms with van der Waals surface area (Å²) in [5.74, 6) is -0.379. The van der Waals surface area contributed by atoms with Crippen molar-refractivity contribution in [2.24, 2.45) is 0 Å². The number of para-hydroxylation sites is 1. The fraction of sp³-hybridized carbons (Fsp3) is 0.231. The van der Waals surface area contributed by atoms with Crippen LogP contribution in [0.15, 0.2) is 60.7 Å². The fourth-order valence-electron chi connectivity index (χ4n) is 3.19. The molecule has 3 aromatic rings. The summed E-state index contributed by atoms with van der Waals surface area (Å²) in [5.41, 5.74) is 3.37. The number of hydrogen-bond acceptors (Lipinski definition) is 4. The van der Waals surface area contributed by atoms with Gasteiger partial charge in [-0.1, -0.05) is 44.2 Å². The third kappa shape index (κ3) is 6.60. The van der Waals surface area contributed by atoms with E-state index in [0.717, 1.165) is 16.7 Å². The third-order valence-electron chi connectivity index (χ3n) is 4.61. The zero-order valence-electron chi connectivity index (χ0n) is 18.8. The normalized spacial score (nSPS) is 10.0. The minimum atomic E-state index is -0.837. The van der Waals surface area contributed by atoms with E-state index in [9.17, 15) is 14.7 Å². The van der Waals surface area contributed by atoms with Gasteiger partial charge in [0.1, 0.15) is 17.2 Å². The Bertz CT molecular complexity index is 1050. The predicted octanol–water partition coefficient (Wildman–Crippen LogP) is 6.10. The monoisotopic (exact) mass is 435 g/mol. The second kappa shape index (κ2) is 11.6. The second-order valence-corrected chi connectivity index (χ2v) is 7.05. The molecular formula is C26H29NO5. The van der Waals surface area contributed by atoms with Gasteiger partial charge in [0.25, 0.3) is 5.91 Å². The topological polar surface area (TPSA) is 95.9 Å². The molecule has 0 bridgehead atoms. The second-order valence-electron chi connectivity index (χ2n) is 7.05. The Balaban J connectivity index is 0.00000176. The Morgan fingerprint density at radius 1 is 0.938 bits per heavy atom. The lowest BCUT2D eigenvalue weighted by atomic mass is 10.0. The van der Waals surface area contributed by atoms with Crippen molar-refractivity contribution in [1.82, 2.24) is 0 Å². The molecule has 0 aliphatic heterocycles. The number of ether oxygens (including phenoxy) is 1. The average Bonchev–Trinajstić information content (AvgIpc) is 2.78. The number of benzene rings is 3. The maximum Gasteiger partial charge on any atom is 0.303 e. The lowest BCUT2D eigenvalue weighted by molar-refractivity contribution is -0.136. The van der Waals surface area contributed by atoms with Crippen molar-refractivity contribution in [3.05, 3.63) is 82.9 Å². The Morgan fingerprint density at radius 2 is 1.56 bits per heavy atom. The first-order valence-corrected chi connectivity index (χ1v) is 10.5. The molecular weight excluding hydrogens is 406 g/mol. The van der Waals surface area contributed by atoms with E-state index in [1.807, 2.05) is 45.9 Å². The van der Waals surface area contributed by atoms with Gasteiger partial charge in [0.05, 0.1) is 5.56 Å². The van der Waals surface area contributed by atoms with Crippen LogP contribution in [-0.2, 0) is 11.2 Å². The molecule has 0 radical (unpaired) electrons. The number of rotatable bonds is 7. The molecule has 0 aliphatic carbocycles. The van der Waals surface area contributed by atoms with Crippen molar-refractivity contribution in [2.45, 2.75) is 40.5 Å². The molecule has 0 heterocycles. The minimum absolute atomic E-state index is 0.0664. The number of hydrogen-bond donors (Lipinski definition) is 3. The molecule has 0 saturated carbocycles. The van der Waals surface area contributed by atoms with E-state index in [1.165, 1.54) is 12.1 Å². The van der Waals surface area contributed by atoms with Crippen molar-refractivity contribution in [3.63, 3.8) is 0 Å². The Labute approximate surface area is 188 Å². The van der Waals surface area contributed by atoms with E-state index in [-0.39, 0.29) is 17.7 Å². The molecule has 32 heavy (non-hydrogen) atoms. The summed E-state index contributed by atoms with van der Waals surface area (Å²) >= 11 is 0. The number of nitrogens with one attached hydrogen (secondary N) is 1. The number of carboxylic acids is 1. The number of aliphatic carboxylic acids is 1. The smallest absolute Gasteiger partial charge is 0.303 e. The van der Waals surface area contributed by atoms with Crippen molar-refractivity contribution in [2.75, 3.05) is 5.32 Å². The largest absolute Gasteiger partial charge is 0.507 e. The average molecular weight is 436 g/mol. The Morgan fingerprint density at radius 3 is 2.16 bits per heavy atom. The molecule has 168 valence electrons. The van der Waals surface area contributed by atoms with Gasteiger partial charge in [-0.3, -0.25) is 9.59 Å². The lowest BCUT2D eigenvalue weighted by Crippen LogP contribution is -2.12. The molecule has 1 amide bonds. The van der Waals surface area contributed by atoms with Crippen LogP contribution in [0.1, 0.15) is 47.3 Å². The summed E-state index contributed by atoms with van der Waals surface area (Å²) in [7, 11) is 0. The molecule has 0 atom stereocenters. The van der Waals surface area contributed by atoms with E-state index >= 15 is 0 Å². The van der Waals surface area contributed by atoms with Crippen molar-refractivity contribution in [3.8, 4) is 17.2 Å². The van der Waals surface area contributed by atoms with Crippen LogP contribution < -0.4 is 10.1 Å². The summed E-state index contributed by atoms with van der Waals surface area (Å²) in [4.78, 5) is 23.4. The molecule has 3 aromatic carbocycles. The van der Waals surface area contributed by atoms with E-state index in [2.05, 4.69) is 5.32 Å². The first kappa shape index (κ1) is 24.5. The number of carboxylic acid groups (broad SMARTS) is 1. The van der Waals surface area contributed by atoms with Crippen molar-refractivity contribution < 1.29 is 24.5 Å². The van der Waals surface area contributed by atoms with Crippen molar-refractivity contribution >= 4 is 17.6 Å². The molecule has 0 aromatic heterocycles. The first-order chi connectivity index (χ1) is 15.3. The number of phenols is 1. The van der Waals surface area contributed by atoms with Crippen LogP contribution in [0.3, 0.4) is 0 Å². The van der Waals surface area contributed by atoms with Crippen LogP contribution in [0.5, 0.6) is 17.2 Å². The number of carbonyl (C=O) groups is 2. The quantitative estimate of drug-likeness (QED) is 0.417. The van der Waals surface area contributed by atoms with Crippen LogP contribution in [-0.4, -0.2) is 22.1 Å². The zero-order chi connectivity index (χ0) is 23.7. The van der Waals surface area contributed by atoms with Crippen LogP contribution in [0.25, 0.3) is 0 Å². The maximum absolute atomic E-state index is 12.6. The third-order valence-corrected chi connectivity index (χ3v) is 4.61. The summed E-state index contributed by atoms with van der Waals surface area (Å²) in [6.45, 7) is 7.77. The molecule has 0 spiro atoms. The molecule has 6 nitrogen and oxygen atoms in total. The summed E-state index contributed by atoms with van der Waals surface area (Å²) < 4.78 is 6.01. The number of aromatic hydroxyl groups is 1. The number of amides is 1. The highest BCUT2D eigenvalue weighted by atomic mass is 16.5. The minimum Gasteiger partial charge on any atom is -0.507 e. The van der Waals surface area contributed by atoms with Crippen LogP contribution in [0.4, 0.5) is 5.69 Å². The van der Waals surface area contributed by atoms with E-state index < -0.39 is 11.9 Å². The molecule has 6 heteroatoms. The zero-order valence-corrected chi connectivity index (χ0v) is 18.8. The fourth-order valence-corrected chi connectivity index (χ4v) is 3.19. The van der Waals surface area contributed by atoms with Gasteiger partial charge in [0.15, 0.2) is 0 Å². The number of aryl methyl sites for hydroxylation is 3. The van der Waals surface area contributed by atoms with Gasteiger partial charge in [0.2, 0.25) is 0 Å². The van der Waals surface area contributed by atoms with Gasteiger partial charge in [-0.05, 0) is 67.3 Å². The Kier molecular flexibility index (Phi) is 8.83. The molecule has 3 rings (SSSR count). The molecule has 0 fully saturated rings. The summed E-state index contributed by atoms with van der Waals surface area (Å²) in [6.07, 6.45) is 0.511. The Hall–Kier alpha value is -3.80. The summed E-state index contributed by atoms with van der Waals surface area (Å²) in [6, 6.07) is 17.3. The molecule has 0 unspecified atom stereocenters. The highest BCUT2D eigenvalue weighted by Gasteiger charge is 2.15. The lowest BCUT2D eigenvalue weighted by Gasteiger charge is -2.15.